The summed E-state index contributed by atoms with van der Waals surface area (Å²) in [5.74, 6) is 0.569. The lowest BCUT2D eigenvalue weighted by Crippen LogP contribution is -2.63. The molecule has 4 aliphatic carbocycles. The molecule has 2 N–H and O–H groups in total. The summed E-state index contributed by atoms with van der Waals surface area (Å²) in [6.45, 7) is 22.0. The summed E-state index contributed by atoms with van der Waals surface area (Å²) in [5.41, 5.74) is 3.63. The summed E-state index contributed by atoms with van der Waals surface area (Å²) >= 11 is 0. The van der Waals surface area contributed by atoms with Crippen LogP contribution in [0.15, 0.2) is 17.7 Å². The molecule has 0 amide bonds. The van der Waals surface area contributed by atoms with Crippen molar-refractivity contribution in [2.75, 3.05) is 32.8 Å². The molecule has 4 heteroatoms. The molecule has 1 aromatic rings. The molecule has 0 radical (unpaired) electrons. The summed E-state index contributed by atoms with van der Waals surface area (Å²) < 4.78 is 5.65. The lowest BCUT2D eigenvalue weighted by molar-refractivity contribution is -0.162. The molecular weight excluding hydrogens is 458 g/mol. The lowest BCUT2D eigenvalue weighted by atomic mass is 9.34. The zero-order valence-electron chi connectivity index (χ0n) is 23.8. The third-order valence-electron chi connectivity index (χ3n) is 12.5. The van der Waals surface area contributed by atoms with E-state index in [0.717, 1.165) is 43.5 Å². The highest BCUT2D eigenvalue weighted by atomic mass is 16.5. The largest absolute Gasteiger partial charge is 0.504 e. The number of phenolic OH excluding ortho intramolecular Hbond substituents is 2. The molecule has 1 heterocycles. The fraction of sp³-hybridized carbons (Fsp3) is 0.697. The summed E-state index contributed by atoms with van der Waals surface area (Å²) in [5, 5.41) is 22.5. The first-order chi connectivity index (χ1) is 17.4. The Morgan fingerprint density at radius 3 is 2.38 bits per heavy atom. The molecule has 1 saturated heterocycles. The fourth-order valence-electron chi connectivity index (χ4n) is 9.88. The van der Waals surface area contributed by atoms with Crippen molar-refractivity contribution in [1.29, 1.82) is 0 Å². The zero-order chi connectivity index (χ0) is 26.4. The minimum Gasteiger partial charge on any atom is -0.504 e. The molecule has 0 unspecified atom stereocenters. The van der Waals surface area contributed by atoms with E-state index in [0.29, 0.717) is 22.0 Å². The van der Waals surface area contributed by atoms with E-state index in [4.69, 9.17) is 4.74 Å². The predicted molar refractivity (Wildman–Crippen MR) is 150 cm³/mol. The van der Waals surface area contributed by atoms with Crippen molar-refractivity contribution in [1.82, 2.24) is 4.90 Å². The molecule has 5 aliphatic rings. The van der Waals surface area contributed by atoms with Crippen LogP contribution in [0.5, 0.6) is 11.5 Å². The number of nitrogens with zero attached hydrogens (tertiary/aromatic N) is 1. The smallest absolute Gasteiger partial charge is 0.164 e. The van der Waals surface area contributed by atoms with E-state index >= 15 is 0 Å². The van der Waals surface area contributed by atoms with Crippen LogP contribution < -0.4 is 10.4 Å². The Hall–Kier alpha value is -1.78. The molecule has 202 valence electrons. The number of rotatable bonds is 2. The van der Waals surface area contributed by atoms with Gasteiger partial charge in [-0.3, -0.25) is 4.90 Å². The summed E-state index contributed by atoms with van der Waals surface area (Å²) in [7, 11) is 0. The number of ether oxygens (including phenoxy) is 1. The van der Waals surface area contributed by atoms with Crippen LogP contribution in [0.1, 0.15) is 85.1 Å². The number of fused-ring (bicyclic) bond motifs is 7. The highest BCUT2D eigenvalue weighted by molar-refractivity contribution is 5.61. The maximum Gasteiger partial charge on any atom is 0.164 e. The molecule has 0 spiro atoms. The van der Waals surface area contributed by atoms with E-state index in [9.17, 15) is 10.2 Å². The van der Waals surface area contributed by atoms with Gasteiger partial charge in [-0.1, -0.05) is 58.9 Å². The zero-order valence-corrected chi connectivity index (χ0v) is 23.8. The highest BCUT2D eigenvalue weighted by Gasteiger charge is 2.66. The van der Waals surface area contributed by atoms with E-state index < -0.39 is 0 Å². The van der Waals surface area contributed by atoms with Crippen molar-refractivity contribution < 1.29 is 14.9 Å². The third kappa shape index (κ3) is 3.47. The van der Waals surface area contributed by atoms with Crippen molar-refractivity contribution in [3.05, 3.63) is 33.7 Å². The van der Waals surface area contributed by atoms with E-state index in [1.807, 2.05) is 6.07 Å². The predicted octanol–water partition coefficient (Wildman–Crippen LogP) is 5.23. The number of aromatic hydroxyl groups is 2. The van der Waals surface area contributed by atoms with Gasteiger partial charge in [-0.25, -0.2) is 0 Å². The summed E-state index contributed by atoms with van der Waals surface area (Å²) in [6, 6.07) is 1.82. The van der Waals surface area contributed by atoms with Crippen LogP contribution in [0.2, 0.25) is 0 Å². The highest BCUT2D eigenvalue weighted by Crippen LogP contribution is 2.74. The molecule has 4 nitrogen and oxygen atoms in total. The number of hydrogen-bond acceptors (Lipinski definition) is 4. The van der Waals surface area contributed by atoms with Crippen molar-refractivity contribution in [3.63, 3.8) is 0 Å². The van der Waals surface area contributed by atoms with Crippen LogP contribution >= 0.6 is 0 Å². The Kier molecular flexibility index (Phi) is 5.59. The summed E-state index contributed by atoms with van der Waals surface area (Å²) in [4.78, 5) is 2.66. The van der Waals surface area contributed by atoms with Gasteiger partial charge in [0.1, 0.15) is 0 Å². The molecule has 1 aliphatic heterocycles. The van der Waals surface area contributed by atoms with Gasteiger partial charge in [0.15, 0.2) is 11.5 Å². The van der Waals surface area contributed by atoms with Crippen LogP contribution in [0.3, 0.4) is 0 Å². The van der Waals surface area contributed by atoms with E-state index in [1.165, 1.54) is 50.6 Å². The maximum atomic E-state index is 10.6. The van der Waals surface area contributed by atoms with Crippen molar-refractivity contribution in [3.8, 4) is 11.5 Å². The molecule has 0 aromatic heterocycles. The molecular formula is C33H47NO3. The molecule has 3 saturated carbocycles. The minimum absolute atomic E-state index is 0.0412. The van der Waals surface area contributed by atoms with Gasteiger partial charge in [0.2, 0.25) is 0 Å². The van der Waals surface area contributed by atoms with Gasteiger partial charge in [0.05, 0.1) is 13.2 Å². The van der Waals surface area contributed by atoms with E-state index in [1.54, 1.807) is 0 Å². The SMILES string of the molecule is C=c1c(O)c(O)cc2c1=CC=C1[C@@]2(C)CC[C@@]2(C)[C@@H]3C[C@](C)(CN4CCOCC4)CC[C@]3(C)CC[C@]12C. The topological polar surface area (TPSA) is 52.9 Å². The average molecular weight is 506 g/mol. The summed E-state index contributed by atoms with van der Waals surface area (Å²) in [6.07, 6.45) is 13.3. The van der Waals surface area contributed by atoms with Crippen molar-refractivity contribution in [2.45, 2.75) is 85.0 Å². The van der Waals surface area contributed by atoms with Crippen LogP contribution in [-0.2, 0) is 10.2 Å². The van der Waals surface area contributed by atoms with Crippen LogP contribution in [-0.4, -0.2) is 48.0 Å². The molecule has 6 rings (SSSR count). The Bertz CT molecular complexity index is 1260. The van der Waals surface area contributed by atoms with Crippen LogP contribution in [0.4, 0.5) is 0 Å². The second-order valence-corrected chi connectivity index (χ2v) is 14.6. The number of hydrogen-bond donors (Lipinski definition) is 2. The Balaban J connectivity index is 1.40. The number of phenols is 2. The number of allylic oxidation sites excluding steroid dienone is 2. The maximum absolute atomic E-state index is 10.6. The molecule has 4 fully saturated rings. The molecule has 0 bridgehead atoms. The van der Waals surface area contributed by atoms with Gasteiger partial charge in [0, 0.05) is 30.3 Å². The van der Waals surface area contributed by atoms with Crippen molar-refractivity contribution >= 4 is 12.7 Å². The Labute approximate surface area is 223 Å². The van der Waals surface area contributed by atoms with E-state index in [-0.39, 0.29) is 27.7 Å². The van der Waals surface area contributed by atoms with Gasteiger partial charge >= 0.3 is 0 Å². The normalized spacial score (nSPS) is 43.5. The first kappa shape index (κ1) is 25.5. The lowest BCUT2D eigenvalue weighted by Gasteiger charge is -2.70. The Morgan fingerprint density at radius 1 is 0.946 bits per heavy atom. The molecule has 1 aromatic carbocycles. The van der Waals surface area contributed by atoms with E-state index in [2.05, 4.69) is 58.2 Å². The first-order valence-corrected chi connectivity index (χ1v) is 14.6. The monoisotopic (exact) mass is 505 g/mol. The fourth-order valence-corrected chi connectivity index (χ4v) is 9.88. The number of morpholine rings is 1. The van der Waals surface area contributed by atoms with Crippen molar-refractivity contribution in [2.24, 2.45) is 27.6 Å². The second-order valence-electron chi connectivity index (χ2n) is 14.6. The third-order valence-corrected chi connectivity index (χ3v) is 12.5. The van der Waals surface area contributed by atoms with Gasteiger partial charge in [0.25, 0.3) is 0 Å². The minimum atomic E-state index is -0.143. The second kappa shape index (κ2) is 8.11. The van der Waals surface area contributed by atoms with Gasteiger partial charge in [-0.05, 0) is 89.4 Å². The first-order valence-electron chi connectivity index (χ1n) is 14.6. The average Bonchev–Trinajstić information content (AvgIpc) is 2.86. The standard InChI is InChI=1S/C33H47NO3/c1-22-23-7-8-26-31(4,24(23)19-25(35)28(22)36)12-14-33(6)27-20-29(2,21-34-15-17-37-18-16-34)9-10-30(27,3)11-13-32(26,33)5/h7-8,19,27,35-36H,1,9-18,20-21H2,2-6H3/t27-,29-,30-,31+,32-,33+/m1/s1. The quantitative estimate of drug-likeness (QED) is 0.541. The van der Waals surface area contributed by atoms with Crippen LogP contribution in [0.25, 0.3) is 12.7 Å². The number of benzene rings is 1. The molecule has 37 heavy (non-hydrogen) atoms. The van der Waals surface area contributed by atoms with Crippen LogP contribution in [0, 0.1) is 27.6 Å². The van der Waals surface area contributed by atoms with Gasteiger partial charge in [-0.2, -0.15) is 0 Å². The Morgan fingerprint density at radius 2 is 1.65 bits per heavy atom. The van der Waals surface area contributed by atoms with Gasteiger partial charge < -0.3 is 14.9 Å². The molecule has 6 atom stereocenters. The van der Waals surface area contributed by atoms with Gasteiger partial charge in [-0.15, -0.1) is 0 Å².